The number of hydrogen-bond donors (Lipinski definition) is 1. The van der Waals surface area contributed by atoms with Crippen LogP contribution >= 0.6 is 0 Å². The van der Waals surface area contributed by atoms with Gasteiger partial charge >= 0.3 is 0 Å². The summed E-state index contributed by atoms with van der Waals surface area (Å²) in [7, 11) is 0. The van der Waals surface area contributed by atoms with Crippen molar-refractivity contribution in [3.8, 4) is 0 Å². The van der Waals surface area contributed by atoms with Gasteiger partial charge in [-0.2, -0.15) is 0 Å². The van der Waals surface area contributed by atoms with Crippen molar-refractivity contribution in [3.63, 3.8) is 0 Å². The fourth-order valence-corrected chi connectivity index (χ4v) is 2.98. The van der Waals surface area contributed by atoms with Crippen LogP contribution in [0.15, 0.2) is 36.5 Å². The molecule has 0 spiro atoms. The van der Waals surface area contributed by atoms with Gasteiger partial charge in [0.25, 0.3) is 0 Å². The van der Waals surface area contributed by atoms with Gasteiger partial charge in [0.05, 0.1) is 5.52 Å². The molecular weight excluding hydrogens is 208 g/mol. The Hall–Kier alpha value is -1.41. The van der Waals surface area contributed by atoms with Crippen LogP contribution < -0.4 is 5.73 Å². The molecule has 3 rings (SSSR count). The van der Waals surface area contributed by atoms with Gasteiger partial charge in [-0.25, -0.2) is 0 Å². The van der Waals surface area contributed by atoms with E-state index in [2.05, 4.69) is 29.2 Å². The minimum atomic E-state index is 0.172. The van der Waals surface area contributed by atoms with Crippen LogP contribution in [0.25, 0.3) is 10.9 Å². The molecule has 2 aromatic rings. The van der Waals surface area contributed by atoms with Crippen molar-refractivity contribution in [2.45, 2.75) is 31.7 Å². The molecule has 1 heterocycles. The Morgan fingerprint density at radius 3 is 2.71 bits per heavy atom. The van der Waals surface area contributed by atoms with E-state index in [-0.39, 0.29) is 6.04 Å². The van der Waals surface area contributed by atoms with Crippen LogP contribution in [0.2, 0.25) is 0 Å². The normalized spacial score (nSPS) is 18.6. The molecule has 17 heavy (non-hydrogen) atoms. The van der Waals surface area contributed by atoms with Crippen LogP contribution in [0.1, 0.15) is 37.3 Å². The number of rotatable bonds is 2. The van der Waals surface area contributed by atoms with E-state index in [4.69, 9.17) is 5.73 Å². The van der Waals surface area contributed by atoms with Crippen molar-refractivity contribution in [2.75, 3.05) is 0 Å². The van der Waals surface area contributed by atoms with E-state index >= 15 is 0 Å². The van der Waals surface area contributed by atoms with Crippen molar-refractivity contribution in [2.24, 2.45) is 11.7 Å². The molecule has 0 bridgehead atoms. The lowest BCUT2D eigenvalue weighted by atomic mass is 9.90. The minimum absolute atomic E-state index is 0.172. The Labute approximate surface area is 102 Å². The number of nitrogens with two attached hydrogens (primary N) is 1. The van der Waals surface area contributed by atoms with Crippen molar-refractivity contribution in [3.05, 3.63) is 42.1 Å². The summed E-state index contributed by atoms with van der Waals surface area (Å²) in [5.74, 6) is 0.654. The summed E-state index contributed by atoms with van der Waals surface area (Å²) < 4.78 is 0. The van der Waals surface area contributed by atoms with Gasteiger partial charge in [0.2, 0.25) is 0 Å². The van der Waals surface area contributed by atoms with Crippen molar-refractivity contribution in [1.29, 1.82) is 0 Å². The van der Waals surface area contributed by atoms with Gasteiger partial charge in [0, 0.05) is 17.6 Å². The molecule has 0 aliphatic heterocycles. The molecule has 0 amide bonds. The molecule has 2 N–H and O–H groups in total. The second kappa shape index (κ2) is 4.46. The number of hydrogen-bond acceptors (Lipinski definition) is 2. The van der Waals surface area contributed by atoms with Crippen molar-refractivity contribution < 1.29 is 0 Å². The molecule has 1 fully saturated rings. The molecule has 1 aromatic carbocycles. The van der Waals surface area contributed by atoms with Gasteiger partial charge in [-0.05, 0) is 36.5 Å². The van der Waals surface area contributed by atoms with Crippen LogP contribution in [0.4, 0.5) is 0 Å². The zero-order valence-electron chi connectivity index (χ0n) is 9.97. The van der Waals surface area contributed by atoms with Gasteiger partial charge in [-0.15, -0.1) is 0 Å². The van der Waals surface area contributed by atoms with Crippen molar-refractivity contribution in [1.82, 2.24) is 4.98 Å². The van der Waals surface area contributed by atoms with Gasteiger partial charge in [-0.3, -0.25) is 4.98 Å². The third-order valence-corrected chi connectivity index (χ3v) is 3.95. The first-order chi connectivity index (χ1) is 8.36. The first-order valence-electron chi connectivity index (χ1n) is 6.45. The van der Waals surface area contributed by atoms with E-state index in [1.54, 1.807) is 0 Å². The molecule has 88 valence electrons. The summed E-state index contributed by atoms with van der Waals surface area (Å²) in [5, 5.41) is 1.22. The van der Waals surface area contributed by atoms with Gasteiger partial charge in [0.15, 0.2) is 0 Å². The predicted octanol–water partition coefficient (Wildman–Crippen LogP) is 3.42. The number of pyridine rings is 1. The molecule has 2 heteroatoms. The maximum Gasteiger partial charge on any atom is 0.0705 e. The third-order valence-electron chi connectivity index (χ3n) is 3.95. The topological polar surface area (TPSA) is 38.9 Å². The lowest BCUT2D eigenvalue weighted by Gasteiger charge is -2.20. The average Bonchev–Trinajstić information content (AvgIpc) is 2.91. The average molecular weight is 226 g/mol. The van der Waals surface area contributed by atoms with Gasteiger partial charge < -0.3 is 5.73 Å². The molecule has 1 aromatic heterocycles. The quantitative estimate of drug-likeness (QED) is 0.852. The SMILES string of the molecule is N[C@@H](c1ccnc2ccccc12)C1CCCC1. The molecule has 0 radical (unpaired) electrons. The minimum Gasteiger partial charge on any atom is -0.324 e. The Morgan fingerprint density at radius 2 is 1.88 bits per heavy atom. The van der Waals surface area contributed by atoms with Gasteiger partial charge in [0.1, 0.15) is 0 Å². The van der Waals surface area contributed by atoms with E-state index in [0.717, 1.165) is 5.52 Å². The Kier molecular flexibility index (Phi) is 2.81. The molecule has 1 atom stereocenters. The van der Waals surface area contributed by atoms with Gasteiger partial charge in [-0.1, -0.05) is 31.0 Å². The highest BCUT2D eigenvalue weighted by atomic mass is 14.7. The molecule has 1 saturated carbocycles. The second-order valence-electron chi connectivity index (χ2n) is 4.99. The summed E-state index contributed by atoms with van der Waals surface area (Å²) in [5.41, 5.74) is 8.76. The second-order valence-corrected chi connectivity index (χ2v) is 4.99. The first-order valence-corrected chi connectivity index (χ1v) is 6.45. The van der Waals surface area contributed by atoms with Crippen LogP contribution in [0, 0.1) is 5.92 Å². The summed E-state index contributed by atoms with van der Waals surface area (Å²) in [6.07, 6.45) is 7.10. The molecule has 1 aliphatic carbocycles. The number of fused-ring (bicyclic) bond motifs is 1. The number of benzene rings is 1. The van der Waals surface area contributed by atoms with E-state index in [1.807, 2.05) is 12.3 Å². The predicted molar refractivity (Wildman–Crippen MR) is 70.6 cm³/mol. The zero-order chi connectivity index (χ0) is 11.7. The highest BCUT2D eigenvalue weighted by Crippen LogP contribution is 2.36. The Bertz CT molecular complexity index is 510. The molecular formula is C15H18N2. The fourth-order valence-electron chi connectivity index (χ4n) is 2.98. The zero-order valence-corrected chi connectivity index (χ0v) is 9.97. The highest BCUT2D eigenvalue weighted by Gasteiger charge is 2.24. The van der Waals surface area contributed by atoms with E-state index < -0.39 is 0 Å². The summed E-state index contributed by atoms with van der Waals surface area (Å²) >= 11 is 0. The number of nitrogens with zero attached hydrogens (tertiary/aromatic N) is 1. The lowest BCUT2D eigenvalue weighted by Crippen LogP contribution is -2.19. The maximum atomic E-state index is 6.44. The summed E-state index contributed by atoms with van der Waals surface area (Å²) in [6.45, 7) is 0. The fraction of sp³-hybridized carbons (Fsp3) is 0.400. The number of aromatic nitrogens is 1. The van der Waals surface area contributed by atoms with E-state index in [1.165, 1.54) is 36.6 Å². The molecule has 1 aliphatic rings. The Morgan fingerprint density at radius 1 is 1.12 bits per heavy atom. The maximum absolute atomic E-state index is 6.44. The smallest absolute Gasteiger partial charge is 0.0705 e. The lowest BCUT2D eigenvalue weighted by molar-refractivity contribution is 0.447. The monoisotopic (exact) mass is 226 g/mol. The number of para-hydroxylation sites is 1. The highest BCUT2D eigenvalue weighted by molar-refractivity contribution is 5.82. The largest absolute Gasteiger partial charge is 0.324 e. The third kappa shape index (κ3) is 1.93. The van der Waals surface area contributed by atoms with Crippen LogP contribution in [0.3, 0.4) is 0 Å². The molecule has 0 saturated heterocycles. The van der Waals surface area contributed by atoms with E-state index in [0.29, 0.717) is 5.92 Å². The summed E-state index contributed by atoms with van der Waals surface area (Å²) in [4.78, 5) is 4.40. The van der Waals surface area contributed by atoms with E-state index in [9.17, 15) is 0 Å². The van der Waals surface area contributed by atoms with Crippen LogP contribution in [0.5, 0.6) is 0 Å². The van der Waals surface area contributed by atoms with Crippen LogP contribution in [-0.4, -0.2) is 4.98 Å². The molecule has 2 nitrogen and oxygen atoms in total. The van der Waals surface area contributed by atoms with Crippen LogP contribution in [-0.2, 0) is 0 Å². The first kappa shape index (κ1) is 10.7. The molecule has 0 unspecified atom stereocenters. The Balaban J connectivity index is 2.04. The standard InChI is InChI=1S/C15H18N2/c16-15(11-5-1-2-6-11)13-9-10-17-14-8-4-3-7-12(13)14/h3-4,7-11,15H,1-2,5-6,16H2/t15-/m1/s1. The summed E-state index contributed by atoms with van der Waals surface area (Å²) in [6, 6.07) is 10.5. The van der Waals surface area contributed by atoms with Crippen molar-refractivity contribution >= 4 is 10.9 Å².